The van der Waals surface area contributed by atoms with E-state index in [1.807, 2.05) is 6.20 Å². The highest BCUT2D eigenvalue weighted by molar-refractivity contribution is 9.10. The third-order valence-electron chi connectivity index (χ3n) is 3.94. The van der Waals surface area contributed by atoms with E-state index in [0.29, 0.717) is 0 Å². The summed E-state index contributed by atoms with van der Waals surface area (Å²) in [6.07, 6.45) is 6.01. The van der Waals surface area contributed by atoms with Crippen molar-refractivity contribution in [2.45, 2.75) is 39.5 Å². The molecule has 1 aromatic heterocycles. The smallest absolute Gasteiger partial charge is 0.224 e. The Morgan fingerprint density at radius 3 is 3.10 bits per heavy atom. The molecule has 1 aliphatic heterocycles. The molecule has 1 N–H and O–H groups in total. The van der Waals surface area contributed by atoms with E-state index in [-0.39, 0.29) is 11.8 Å². The lowest BCUT2D eigenvalue weighted by Crippen LogP contribution is -2.43. The van der Waals surface area contributed by atoms with Gasteiger partial charge in [0.15, 0.2) is 0 Å². The summed E-state index contributed by atoms with van der Waals surface area (Å²) in [6, 6.07) is 2.08. The molecule has 2 rings (SSSR count). The van der Waals surface area contributed by atoms with Gasteiger partial charge in [0, 0.05) is 30.3 Å². The Morgan fingerprint density at radius 2 is 2.38 bits per heavy atom. The number of piperidine rings is 1. The molecular weight excluding hydrogens is 330 g/mol. The van der Waals surface area contributed by atoms with Gasteiger partial charge in [0.05, 0.1) is 5.92 Å². The number of pyridine rings is 1. The fourth-order valence-electron chi connectivity index (χ4n) is 2.78. The van der Waals surface area contributed by atoms with Gasteiger partial charge in [-0.2, -0.15) is 0 Å². The van der Waals surface area contributed by atoms with E-state index < -0.39 is 0 Å². The van der Waals surface area contributed by atoms with E-state index in [4.69, 9.17) is 0 Å². The average molecular weight is 354 g/mol. The normalized spacial score (nSPS) is 18.6. The molecule has 1 fully saturated rings. The number of hydrogen-bond acceptors (Lipinski definition) is 3. The van der Waals surface area contributed by atoms with E-state index in [1.165, 1.54) is 0 Å². The van der Waals surface area contributed by atoms with Crippen LogP contribution in [0.2, 0.25) is 0 Å². The second-order valence-corrected chi connectivity index (χ2v) is 6.64. The lowest BCUT2D eigenvalue weighted by Gasteiger charge is -2.33. The maximum atomic E-state index is 12.2. The van der Waals surface area contributed by atoms with Crippen LogP contribution in [-0.4, -0.2) is 30.5 Å². The predicted octanol–water partition coefficient (Wildman–Crippen LogP) is 3.29. The minimum Gasteiger partial charge on any atom is -0.356 e. The van der Waals surface area contributed by atoms with Crippen LogP contribution in [0.25, 0.3) is 0 Å². The first kappa shape index (κ1) is 16.3. The molecule has 4 nitrogen and oxygen atoms in total. The average Bonchev–Trinajstić information content (AvgIpc) is 2.47. The first-order valence-corrected chi connectivity index (χ1v) is 8.56. The lowest BCUT2D eigenvalue weighted by atomic mass is 9.96. The molecule has 2 heterocycles. The number of hydrogen-bond donors (Lipinski definition) is 1. The van der Waals surface area contributed by atoms with Crippen LogP contribution < -0.4 is 10.2 Å². The fraction of sp³-hybridized carbons (Fsp3) is 0.625. The first-order valence-electron chi connectivity index (χ1n) is 7.76. The zero-order chi connectivity index (χ0) is 15.2. The van der Waals surface area contributed by atoms with Crippen molar-refractivity contribution in [1.82, 2.24) is 10.3 Å². The quantitative estimate of drug-likeness (QED) is 0.826. The number of anilines is 1. The number of rotatable bonds is 5. The third-order valence-corrected chi connectivity index (χ3v) is 4.37. The Hall–Kier alpha value is -1.10. The van der Waals surface area contributed by atoms with Gasteiger partial charge in [-0.05, 0) is 53.7 Å². The highest BCUT2D eigenvalue weighted by Gasteiger charge is 2.26. The van der Waals surface area contributed by atoms with Crippen molar-refractivity contribution in [3.63, 3.8) is 0 Å². The van der Waals surface area contributed by atoms with Gasteiger partial charge in [0.25, 0.3) is 0 Å². The molecule has 116 valence electrons. The largest absolute Gasteiger partial charge is 0.356 e. The molecule has 0 radical (unpaired) electrons. The van der Waals surface area contributed by atoms with Gasteiger partial charge >= 0.3 is 0 Å². The maximum Gasteiger partial charge on any atom is 0.224 e. The molecule has 0 bridgehead atoms. The highest BCUT2D eigenvalue weighted by atomic mass is 79.9. The van der Waals surface area contributed by atoms with Crippen molar-refractivity contribution in [1.29, 1.82) is 0 Å². The number of amides is 1. The summed E-state index contributed by atoms with van der Waals surface area (Å²) in [6.45, 7) is 6.75. The molecule has 0 spiro atoms. The van der Waals surface area contributed by atoms with E-state index in [2.05, 4.69) is 51.0 Å². The molecule has 0 aliphatic carbocycles. The van der Waals surface area contributed by atoms with Crippen LogP contribution in [0.5, 0.6) is 0 Å². The Morgan fingerprint density at radius 1 is 1.57 bits per heavy atom. The van der Waals surface area contributed by atoms with Gasteiger partial charge in [-0.25, -0.2) is 4.98 Å². The van der Waals surface area contributed by atoms with Gasteiger partial charge < -0.3 is 10.2 Å². The summed E-state index contributed by atoms with van der Waals surface area (Å²) >= 11 is 3.45. The van der Waals surface area contributed by atoms with Crippen LogP contribution in [0.15, 0.2) is 16.7 Å². The van der Waals surface area contributed by atoms with Gasteiger partial charge in [0.2, 0.25) is 5.91 Å². The Kier molecular flexibility index (Phi) is 6.03. The molecule has 1 atom stereocenters. The van der Waals surface area contributed by atoms with Gasteiger partial charge in [-0.1, -0.05) is 13.3 Å². The van der Waals surface area contributed by atoms with Crippen molar-refractivity contribution in [3.8, 4) is 0 Å². The number of carbonyl (C=O) groups excluding carboxylic acids is 1. The maximum absolute atomic E-state index is 12.2. The summed E-state index contributed by atoms with van der Waals surface area (Å²) in [4.78, 5) is 19.0. The highest BCUT2D eigenvalue weighted by Crippen LogP contribution is 2.26. The van der Waals surface area contributed by atoms with Gasteiger partial charge in [0.1, 0.15) is 5.82 Å². The Bertz CT molecular complexity index is 492. The van der Waals surface area contributed by atoms with Crippen LogP contribution >= 0.6 is 15.9 Å². The number of aromatic nitrogens is 1. The van der Waals surface area contributed by atoms with Crippen molar-refractivity contribution in [2.75, 3.05) is 24.5 Å². The van der Waals surface area contributed by atoms with Crippen molar-refractivity contribution in [2.24, 2.45) is 5.92 Å². The Balaban J connectivity index is 1.98. The molecule has 0 aromatic carbocycles. The van der Waals surface area contributed by atoms with Crippen molar-refractivity contribution in [3.05, 3.63) is 22.3 Å². The zero-order valence-electron chi connectivity index (χ0n) is 12.9. The second kappa shape index (κ2) is 7.78. The number of halogens is 1. The SMILES string of the molecule is CCCCNC(=O)C1CCCN(c2ncc(Br)cc2C)C1. The predicted molar refractivity (Wildman–Crippen MR) is 89.5 cm³/mol. The molecule has 1 unspecified atom stereocenters. The topological polar surface area (TPSA) is 45.2 Å². The number of nitrogens with one attached hydrogen (secondary N) is 1. The molecule has 0 saturated carbocycles. The van der Waals surface area contributed by atoms with E-state index >= 15 is 0 Å². The van der Waals surface area contributed by atoms with Crippen LogP contribution in [0.1, 0.15) is 38.2 Å². The number of unbranched alkanes of at least 4 members (excludes halogenated alkanes) is 1. The lowest BCUT2D eigenvalue weighted by molar-refractivity contribution is -0.125. The Labute approximate surface area is 135 Å². The van der Waals surface area contributed by atoms with Crippen LogP contribution in [0.3, 0.4) is 0 Å². The van der Waals surface area contributed by atoms with E-state index in [0.717, 1.165) is 61.2 Å². The molecule has 1 amide bonds. The zero-order valence-corrected chi connectivity index (χ0v) is 14.4. The number of aryl methyl sites for hydroxylation is 1. The van der Waals surface area contributed by atoms with Crippen LogP contribution in [-0.2, 0) is 4.79 Å². The first-order chi connectivity index (χ1) is 10.1. The summed E-state index contributed by atoms with van der Waals surface area (Å²) in [5, 5.41) is 3.06. The molecular formula is C16H24BrN3O. The van der Waals surface area contributed by atoms with E-state index in [1.54, 1.807) is 0 Å². The van der Waals surface area contributed by atoms with Crippen molar-refractivity contribution < 1.29 is 4.79 Å². The fourth-order valence-corrected chi connectivity index (χ4v) is 3.23. The molecule has 1 aliphatic rings. The van der Waals surface area contributed by atoms with Crippen molar-refractivity contribution >= 4 is 27.7 Å². The molecule has 1 saturated heterocycles. The minimum absolute atomic E-state index is 0.0838. The van der Waals surface area contributed by atoms with Crippen LogP contribution in [0.4, 0.5) is 5.82 Å². The van der Waals surface area contributed by atoms with Gasteiger partial charge in [-0.15, -0.1) is 0 Å². The third kappa shape index (κ3) is 4.43. The van der Waals surface area contributed by atoms with Crippen LogP contribution in [0, 0.1) is 12.8 Å². The molecule has 21 heavy (non-hydrogen) atoms. The number of carbonyl (C=O) groups is 1. The summed E-state index contributed by atoms with van der Waals surface area (Å²) < 4.78 is 0.995. The summed E-state index contributed by atoms with van der Waals surface area (Å²) in [7, 11) is 0. The molecule has 1 aromatic rings. The minimum atomic E-state index is 0.0838. The standard InChI is InChI=1S/C16H24BrN3O/c1-3-4-7-18-16(21)13-6-5-8-20(11-13)15-12(2)9-14(17)10-19-15/h9-10,13H,3-8,11H2,1-2H3,(H,18,21). The monoisotopic (exact) mass is 353 g/mol. The van der Waals surface area contributed by atoms with E-state index in [9.17, 15) is 4.79 Å². The molecule has 5 heteroatoms. The number of nitrogens with zero attached hydrogens (tertiary/aromatic N) is 2. The summed E-state index contributed by atoms with van der Waals surface area (Å²) in [5.74, 6) is 1.28. The van der Waals surface area contributed by atoms with Gasteiger partial charge in [-0.3, -0.25) is 4.79 Å². The second-order valence-electron chi connectivity index (χ2n) is 5.72. The summed E-state index contributed by atoms with van der Waals surface area (Å²) in [5.41, 5.74) is 1.15.